The van der Waals surface area contributed by atoms with Crippen LogP contribution in [0, 0.1) is 0 Å². The third-order valence-electron chi connectivity index (χ3n) is 4.89. The number of hydrogen-bond acceptors (Lipinski definition) is 6. The highest BCUT2D eigenvalue weighted by molar-refractivity contribution is 6.46. The number of likely N-dealkylation sites (tertiary alicyclic amines) is 1. The lowest BCUT2D eigenvalue weighted by Crippen LogP contribution is -2.31. The summed E-state index contributed by atoms with van der Waals surface area (Å²) in [7, 11) is 1.56. The van der Waals surface area contributed by atoms with Crippen molar-refractivity contribution in [3.63, 3.8) is 0 Å². The van der Waals surface area contributed by atoms with Gasteiger partial charge < -0.3 is 24.6 Å². The van der Waals surface area contributed by atoms with Gasteiger partial charge in [0, 0.05) is 25.8 Å². The van der Waals surface area contributed by atoms with E-state index < -0.39 is 17.7 Å². The fourth-order valence-electron chi connectivity index (χ4n) is 3.59. The molecule has 0 radical (unpaired) electrons. The highest BCUT2D eigenvalue weighted by Gasteiger charge is 2.45. The van der Waals surface area contributed by atoms with Gasteiger partial charge in [-0.1, -0.05) is 24.3 Å². The Kier molecular flexibility index (Phi) is 6.74. The number of methoxy groups -OCH3 is 1. The summed E-state index contributed by atoms with van der Waals surface area (Å²) in [5.41, 5.74) is 0.895. The normalized spacial score (nSPS) is 18.1. The number of aliphatic hydroxyl groups excluding tert-OH is 1. The van der Waals surface area contributed by atoms with Gasteiger partial charge in [-0.3, -0.25) is 9.59 Å². The van der Waals surface area contributed by atoms with Crippen LogP contribution in [0.15, 0.2) is 54.1 Å². The fourth-order valence-corrected chi connectivity index (χ4v) is 3.59. The summed E-state index contributed by atoms with van der Waals surface area (Å²) in [5, 5.41) is 21.0. The van der Waals surface area contributed by atoms with Crippen molar-refractivity contribution in [2.24, 2.45) is 0 Å². The molecule has 30 heavy (non-hydrogen) atoms. The first-order chi connectivity index (χ1) is 14.5. The average molecular weight is 411 g/mol. The second-order valence-electron chi connectivity index (χ2n) is 6.89. The van der Waals surface area contributed by atoms with Crippen LogP contribution in [0.25, 0.3) is 5.76 Å². The maximum absolute atomic E-state index is 12.9. The van der Waals surface area contributed by atoms with E-state index in [0.717, 1.165) is 0 Å². The van der Waals surface area contributed by atoms with Crippen LogP contribution in [-0.2, 0) is 14.3 Å². The van der Waals surface area contributed by atoms with Gasteiger partial charge >= 0.3 is 0 Å². The van der Waals surface area contributed by atoms with Gasteiger partial charge in [0.15, 0.2) is 0 Å². The van der Waals surface area contributed by atoms with Crippen molar-refractivity contribution >= 4 is 17.4 Å². The maximum Gasteiger partial charge on any atom is 0.295 e. The second-order valence-corrected chi connectivity index (χ2v) is 6.89. The molecule has 1 unspecified atom stereocenters. The summed E-state index contributed by atoms with van der Waals surface area (Å²) >= 11 is 0. The van der Waals surface area contributed by atoms with Gasteiger partial charge in [-0.2, -0.15) is 0 Å². The molecule has 2 aromatic carbocycles. The number of carbonyl (C=O) groups is 2. The minimum Gasteiger partial charge on any atom is -0.508 e. The lowest BCUT2D eigenvalue weighted by molar-refractivity contribution is -0.140. The van der Waals surface area contributed by atoms with Crippen LogP contribution < -0.4 is 4.74 Å². The molecule has 2 aromatic rings. The van der Waals surface area contributed by atoms with E-state index in [-0.39, 0.29) is 23.6 Å². The van der Waals surface area contributed by atoms with E-state index in [1.54, 1.807) is 43.5 Å². The monoisotopic (exact) mass is 411 g/mol. The van der Waals surface area contributed by atoms with Crippen molar-refractivity contribution in [2.45, 2.75) is 19.4 Å². The molecule has 1 heterocycles. The number of ether oxygens (including phenoxy) is 2. The Morgan fingerprint density at radius 1 is 1.13 bits per heavy atom. The highest BCUT2D eigenvalue weighted by Crippen LogP contribution is 2.40. The molecule has 2 N–H and O–H groups in total. The molecule has 0 spiro atoms. The number of phenolic OH excluding ortho intramolecular Hbond substituents is 1. The molecule has 3 rings (SSSR count). The molecule has 158 valence electrons. The smallest absolute Gasteiger partial charge is 0.295 e. The van der Waals surface area contributed by atoms with Gasteiger partial charge in [-0.15, -0.1) is 0 Å². The predicted octanol–water partition coefficient (Wildman–Crippen LogP) is 3.25. The summed E-state index contributed by atoms with van der Waals surface area (Å²) < 4.78 is 10.5. The van der Waals surface area contributed by atoms with Crippen molar-refractivity contribution in [1.29, 1.82) is 0 Å². The Morgan fingerprint density at radius 2 is 1.90 bits per heavy atom. The Hall–Kier alpha value is -3.32. The first-order valence-electron chi connectivity index (χ1n) is 9.77. The van der Waals surface area contributed by atoms with Crippen LogP contribution in [0.1, 0.15) is 30.5 Å². The van der Waals surface area contributed by atoms with Crippen molar-refractivity contribution in [1.82, 2.24) is 4.90 Å². The van der Waals surface area contributed by atoms with Crippen molar-refractivity contribution < 1.29 is 29.3 Å². The molecule has 1 aliphatic heterocycles. The standard InChI is InChI=1S/C23H25NO6/c1-3-30-18-10-5-8-16(14-18)21(26)19-20(15-7-4-9-17(25)13-15)24(11-6-12-29-2)23(28)22(19)27/h4-5,7-10,13-14,20,25-26H,3,6,11-12H2,1-2H3/b21-19+. The Morgan fingerprint density at radius 3 is 2.60 bits per heavy atom. The van der Waals surface area contributed by atoms with E-state index in [1.165, 1.54) is 17.0 Å². The molecule has 1 aliphatic rings. The van der Waals surface area contributed by atoms with Gasteiger partial charge in [-0.05, 0) is 43.2 Å². The van der Waals surface area contributed by atoms with Crippen LogP contribution in [0.5, 0.6) is 11.5 Å². The maximum atomic E-state index is 12.9. The first kappa shape index (κ1) is 21.4. The van der Waals surface area contributed by atoms with Crippen molar-refractivity contribution in [3.05, 3.63) is 65.2 Å². The second kappa shape index (κ2) is 9.45. The molecule has 1 saturated heterocycles. The van der Waals surface area contributed by atoms with Crippen LogP contribution in [0.4, 0.5) is 0 Å². The zero-order valence-corrected chi connectivity index (χ0v) is 17.0. The summed E-state index contributed by atoms with van der Waals surface area (Å²) in [6, 6.07) is 12.3. The van der Waals surface area contributed by atoms with Crippen LogP contribution in [0.3, 0.4) is 0 Å². The Balaban J connectivity index is 2.11. The lowest BCUT2D eigenvalue weighted by atomic mass is 9.95. The number of Topliss-reactive ketones (excluding diaryl/α,β-unsaturated/α-hetero) is 1. The molecule has 0 bridgehead atoms. The third kappa shape index (κ3) is 4.31. The summed E-state index contributed by atoms with van der Waals surface area (Å²) in [4.78, 5) is 27.1. The molecule has 1 fully saturated rings. The van der Waals surface area contributed by atoms with E-state index in [4.69, 9.17) is 9.47 Å². The van der Waals surface area contributed by atoms with E-state index in [2.05, 4.69) is 0 Å². The molecule has 1 amide bonds. The molecule has 0 saturated carbocycles. The topological polar surface area (TPSA) is 96.3 Å². The number of aliphatic hydroxyl groups is 1. The number of aromatic hydroxyl groups is 1. The van der Waals surface area contributed by atoms with Gasteiger partial charge in [0.1, 0.15) is 17.3 Å². The van der Waals surface area contributed by atoms with E-state index in [0.29, 0.717) is 36.5 Å². The minimum absolute atomic E-state index is 0.00771. The highest BCUT2D eigenvalue weighted by atomic mass is 16.5. The van der Waals surface area contributed by atoms with Crippen LogP contribution in [-0.4, -0.2) is 53.7 Å². The zero-order valence-electron chi connectivity index (χ0n) is 17.0. The molecule has 7 heteroatoms. The van der Waals surface area contributed by atoms with Gasteiger partial charge in [0.2, 0.25) is 0 Å². The quantitative estimate of drug-likeness (QED) is 0.300. The summed E-state index contributed by atoms with van der Waals surface area (Å²) in [6.45, 7) is 3.00. The molecule has 7 nitrogen and oxygen atoms in total. The minimum atomic E-state index is -0.815. The number of hydrogen-bond donors (Lipinski definition) is 2. The van der Waals surface area contributed by atoms with Crippen LogP contribution >= 0.6 is 0 Å². The lowest BCUT2D eigenvalue weighted by Gasteiger charge is -2.25. The molecular formula is C23H25NO6. The number of amides is 1. The first-order valence-corrected chi connectivity index (χ1v) is 9.77. The number of rotatable bonds is 8. The fraction of sp³-hybridized carbons (Fsp3) is 0.304. The van der Waals surface area contributed by atoms with Gasteiger partial charge in [0.25, 0.3) is 11.7 Å². The molecular weight excluding hydrogens is 386 g/mol. The Bertz CT molecular complexity index is 968. The molecule has 0 aliphatic carbocycles. The Labute approximate surface area is 175 Å². The predicted molar refractivity (Wildman–Crippen MR) is 111 cm³/mol. The summed E-state index contributed by atoms with van der Waals surface area (Å²) in [5.74, 6) is -1.18. The number of benzene rings is 2. The van der Waals surface area contributed by atoms with Crippen molar-refractivity contribution in [2.75, 3.05) is 26.9 Å². The van der Waals surface area contributed by atoms with E-state index >= 15 is 0 Å². The van der Waals surface area contributed by atoms with Crippen LogP contribution in [0.2, 0.25) is 0 Å². The van der Waals surface area contributed by atoms with Crippen molar-refractivity contribution in [3.8, 4) is 11.5 Å². The average Bonchev–Trinajstić information content (AvgIpc) is 2.99. The number of carbonyl (C=O) groups excluding carboxylic acids is 2. The number of phenols is 1. The zero-order chi connectivity index (χ0) is 21.7. The van der Waals surface area contributed by atoms with Gasteiger partial charge in [0.05, 0.1) is 18.2 Å². The number of ketones is 1. The SMILES string of the molecule is CCOc1cccc(/C(O)=C2\C(=O)C(=O)N(CCCOC)C2c2cccc(O)c2)c1. The third-order valence-corrected chi connectivity index (χ3v) is 4.89. The molecule has 0 aromatic heterocycles. The van der Waals surface area contributed by atoms with Gasteiger partial charge in [-0.25, -0.2) is 0 Å². The van der Waals surface area contributed by atoms with E-state index in [1.807, 2.05) is 6.92 Å². The number of nitrogens with zero attached hydrogens (tertiary/aromatic N) is 1. The molecule has 1 atom stereocenters. The van der Waals surface area contributed by atoms with E-state index in [9.17, 15) is 19.8 Å². The largest absolute Gasteiger partial charge is 0.508 e. The summed E-state index contributed by atoms with van der Waals surface area (Å²) in [6.07, 6.45) is 0.526.